The summed E-state index contributed by atoms with van der Waals surface area (Å²) < 4.78 is 25.0. The van der Waals surface area contributed by atoms with E-state index in [-0.39, 0.29) is 30.5 Å². The molecule has 4 aliphatic rings. The molecule has 0 aliphatic carbocycles. The van der Waals surface area contributed by atoms with E-state index in [0.29, 0.717) is 64.3 Å². The van der Waals surface area contributed by atoms with Gasteiger partial charge < -0.3 is 28.7 Å². The van der Waals surface area contributed by atoms with Crippen molar-refractivity contribution in [2.24, 2.45) is 9.98 Å². The van der Waals surface area contributed by atoms with Crippen molar-refractivity contribution in [2.45, 2.75) is 70.2 Å². The molecule has 0 saturated carbocycles. The molecule has 2 atom stereocenters. The quantitative estimate of drug-likeness (QED) is 0.259. The SMILES string of the molecule is COc1cc2c(cc1OCCCCCn1cc(COc3cc4c(cc3OC)C(=O)N3CCC[C@H]3C=N4)nn1)N=C[C@@H]1CCCN1C2=O. The van der Waals surface area contributed by atoms with Gasteiger partial charge in [0.15, 0.2) is 23.0 Å². The molecule has 7 rings (SSSR count). The molecule has 0 spiro atoms. The number of carbonyl (C=O) groups is 2. The maximum atomic E-state index is 13.1. The number of ether oxygens (including phenoxy) is 4. The minimum Gasteiger partial charge on any atom is -0.493 e. The number of unbranched alkanes of at least 4 members (excludes halogenated alkanes) is 2. The Bertz CT molecular complexity index is 1720. The lowest BCUT2D eigenvalue weighted by molar-refractivity contribution is 0.0766. The van der Waals surface area contributed by atoms with E-state index >= 15 is 0 Å². The van der Waals surface area contributed by atoms with Gasteiger partial charge in [0.1, 0.15) is 12.3 Å². The monoisotopic (exact) mass is 641 g/mol. The summed E-state index contributed by atoms with van der Waals surface area (Å²) >= 11 is 0. The molecule has 2 saturated heterocycles. The molecule has 246 valence electrons. The first-order valence-electron chi connectivity index (χ1n) is 16.3. The van der Waals surface area contributed by atoms with Crippen LogP contribution in [0.3, 0.4) is 0 Å². The van der Waals surface area contributed by atoms with E-state index in [1.807, 2.05) is 28.4 Å². The maximum Gasteiger partial charge on any atom is 0.256 e. The largest absolute Gasteiger partial charge is 0.493 e. The van der Waals surface area contributed by atoms with Gasteiger partial charge in [-0.05, 0) is 57.1 Å². The van der Waals surface area contributed by atoms with Crippen molar-refractivity contribution in [2.75, 3.05) is 33.9 Å². The molecule has 13 nitrogen and oxygen atoms in total. The number of hydrogen-bond donors (Lipinski definition) is 0. The summed E-state index contributed by atoms with van der Waals surface area (Å²) in [6.45, 7) is 2.91. The van der Waals surface area contributed by atoms with E-state index in [9.17, 15) is 9.59 Å². The number of aliphatic imine (C=N–C) groups is 2. The highest BCUT2D eigenvalue weighted by Gasteiger charge is 2.34. The Morgan fingerprint density at radius 2 is 1.34 bits per heavy atom. The Kier molecular flexibility index (Phi) is 8.77. The normalized spacial score (nSPS) is 19.5. The van der Waals surface area contributed by atoms with Crippen LogP contribution in [0.2, 0.25) is 0 Å². The lowest BCUT2D eigenvalue weighted by atomic mass is 10.1. The molecule has 2 aromatic carbocycles. The van der Waals surface area contributed by atoms with Crippen LogP contribution >= 0.6 is 0 Å². The van der Waals surface area contributed by atoms with Gasteiger partial charge in [0, 0.05) is 44.2 Å². The smallest absolute Gasteiger partial charge is 0.256 e. The molecule has 5 heterocycles. The summed E-state index contributed by atoms with van der Waals surface area (Å²) in [6, 6.07) is 7.12. The van der Waals surface area contributed by atoms with Crippen LogP contribution in [0, 0.1) is 0 Å². The molecule has 0 N–H and O–H groups in total. The lowest BCUT2D eigenvalue weighted by Crippen LogP contribution is -2.35. The van der Waals surface area contributed by atoms with E-state index in [0.717, 1.165) is 58.0 Å². The first-order chi connectivity index (χ1) is 23.0. The second-order valence-electron chi connectivity index (χ2n) is 12.2. The van der Waals surface area contributed by atoms with E-state index in [1.54, 1.807) is 43.2 Å². The van der Waals surface area contributed by atoms with Crippen molar-refractivity contribution in [1.29, 1.82) is 0 Å². The topological polar surface area (TPSA) is 133 Å². The van der Waals surface area contributed by atoms with Crippen molar-refractivity contribution in [3.05, 3.63) is 47.3 Å². The highest BCUT2D eigenvalue weighted by molar-refractivity contribution is 6.04. The summed E-state index contributed by atoms with van der Waals surface area (Å²) in [5, 5.41) is 8.51. The third kappa shape index (κ3) is 6.26. The highest BCUT2D eigenvalue weighted by Crippen LogP contribution is 2.39. The van der Waals surface area contributed by atoms with Crippen LogP contribution in [0.4, 0.5) is 11.4 Å². The number of benzene rings is 2. The van der Waals surface area contributed by atoms with Crippen LogP contribution in [-0.4, -0.2) is 95.0 Å². The van der Waals surface area contributed by atoms with E-state index < -0.39 is 0 Å². The van der Waals surface area contributed by atoms with E-state index in [2.05, 4.69) is 20.3 Å². The van der Waals surface area contributed by atoms with Gasteiger partial charge in [-0.3, -0.25) is 24.3 Å². The van der Waals surface area contributed by atoms with Crippen LogP contribution in [0.1, 0.15) is 71.4 Å². The summed E-state index contributed by atoms with van der Waals surface area (Å²) in [5.41, 5.74) is 2.96. The summed E-state index contributed by atoms with van der Waals surface area (Å²) in [5.74, 6) is 2.06. The van der Waals surface area contributed by atoms with Crippen LogP contribution < -0.4 is 18.9 Å². The Hall–Kier alpha value is -4.94. The zero-order valence-corrected chi connectivity index (χ0v) is 26.8. The van der Waals surface area contributed by atoms with Crippen molar-refractivity contribution >= 4 is 35.6 Å². The standard InChI is InChI=1S/C34H39N7O6/c1-44-29-14-25-27(35-18-23-8-6-11-40(23)33(25)42)16-31(29)46-13-5-3-4-10-39-20-22(37-38-39)21-47-32-17-28-26(15-30(32)45-2)34(43)41-12-7-9-24(41)19-36-28/h14-20,23-24H,3-13,21H2,1-2H3/t23-,24-/m0/s1. The summed E-state index contributed by atoms with van der Waals surface area (Å²) in [6.07, 6.45) is 12.1. The van der Waals surface area contributed by atoms with Gasteiger partial charge in [0.25, 0.3) is 11.8 Å². The molecule has 4 aliphatic heterocycles. The fourth-order valence-corrected chi connectivity index (χ4v) is 6.64. The Balaban J connectivity index is 0.888. The van der Waals surface area contributed by atoms with Crippen LogP contribution in [0.25, 0.3) is 0 Å². The average molecular weight is 642 g/mol. The fourth-order valence-electron chi connectivity index (χ4n) is 6.64. The Morgan fingerprint density at radius 3 is 1.94 bits per heavy atom. The Labute approximate surface area is 273 Å². The van der Waals surface area contributed by atoms with Crippen LogP contribution in [0.5, 0.6) is 23.0 Å². The van der Waals surface area contributed by atoms with Gasteiger partial charge in [-0.15, -0.1) is 5.10 Å². The van der Waals surface area contributed by atoms with Crippen molar-refractivity contribution in [3.8, 4) is 23.0 Å². The molecule has 13 heteroatoms. The van der Waals surface area contributed by atoms with Gasteiger partial charge in [-0.2, -0.15) is 0 Å². The number of nitrogens with zero attached hydrogens (tertiary/aromatic N) is 7. The van der Waals surface area contributed by atoms with Crippen molar-refractivity contribution < 1.29 is 28.5 Å². The molecule has 47 heavy (non-hydrogen) atoms. The highest BCUT2D eigenvalue weighted by atomic mass is 16.5. The number of amides is 2. The number of methoxy groups -OCH3 is 2. The second kappa shape index (κ2) is 13.4. The molecule has 0 bridgehead atoms. The van der Waals surface area contributed by atoms with Gasteiger partial charge >= 0.3 is 0 Å². The van der Waals surface area contributed by atoms with Gasteiger partial charge in [-0.1, -0.05) is 5.21 Å². The van der Waals surface area contributed by atoms with Crippen LogP contribution in [0.15, 0.2) is 40.4 Å². The molecular formula is C34H39N7O6. The van der Waals surface area contributed by atoms with Crippen molar-refractivity contribution in [1.82, 2.24) is 24.8 Å². The zero-order valence-electron chi connectivity index (χ0n) is 26.8. The van der Waals surface area contributed by atoms with E-state index in [4.69, 9.17) is 18.9 Å². The van der Waals surface area contributed by atoms with Gasteiger partial charge in [0.05, 0.1) is 61.6 Å². The predicted molar refractivity (Wildman–Crippen MR) is 174 cm³/mol. The first kappa shape index (κ1) is 30.7. The first-order valence-corrected chi connectivity index (χ1v) is 16.3. The number of aromatic nitrogens is 3. The molecular weight excluding hydrogens is 602 g/mol. The van der Waals surface area contributed by atoms with Gasteiger partial charge in [0.2, 0.25) is 0 Å². The molecule has 0 radical (unpaired) electrons. The third-order valence-corrected chi connectivity index (χ3v) is 9.17. The van der Waals surface area contributed by atoms with Crippen LogP contribution in [-0.2, 0) is 13.2 Å². The number of aryl methyl sites for hydroxylation is 1. The number of rotatable bonds is 12. The second-order valence-corrected chi connectivity index (χ2v) is 12.2. The molecule has 2 amide bonds. The number of hydrogen-bond acceptors (Lipinski definition) is 10. The Morgan fingerprint density at radius 1 is 0.745 bits per heavy atom. The maximum absolute atomic E-state index is 13.1. The molecule has 1 aromatic heterocycles. The molecule has 3 aromatic rings. The summed E-state index contributed by atoms with van der Waals surface area (Å²) in [7, 11) is 3.14. The fraction of sp³-hybridized carbons (Fsp3) is 0.471. The van der Waals surface area contributed by atoms with Gasteiger partial charge in [-0.25, -0.2) is 0 Å². The minimum atomic E-state index is -0.0271. The summed E-state index contributed by atoms with van der Waals surface area (Å²) in [4.78, 5) is 39.2. The number of fused-ring (bicyclic) bond motifs is 4. The van der Waals surface area contributed by atoms with E-state index in [1.165, 1.54) is 0 Å². The lowest BCUT2D eigenvalue weighted by Gasteiger charge is -2.20. The zero-order chi connectivity index (χ0) is 32.3. The number of carbonyl (C=O) groups excluding carboxylic acids is 2. The molecule has 0 unspecified atom stereocenters. The minimum absolute atomic E-state index is 0.00551. The predicted octanol–water partition coefficient (Wildman–Crippen LogP) is 4.76. The molecule has 2 fully saturated rings. The average Bonchev–Trinajstić information content (AvgIpc) is 3.84. The third-order valence-electron chi connectivity index (χ3n) is 9.17. The van der Waals surface area contributed by atoms with Crippen molar-refractivity contribution in [3.63, 3.8) is 0 Å².